The zero-order valence-electron chi connectivity index (χ0n) is 13.1. The van der Waals surface area contributed by atoms with Crippen LogP contribution >= 0.6 is 0 Å². The van der Waals surface area contributed by atoms with E-state index in [4.69, 9.17) is 4.74 Å². The van der Waals surface area contributed by atoms with Crippen LogP contribution in [-0.2, 0) is 0 Å². The minimum atomic E-state index is -0.433. The standard InChI is InChI=1S/C17H27NO2/c1-11(2)9-12(3)10-20-15-7-8-18-17-14(19)6-5-13(4)16(15)17/h7-8,11-14,19H,5-6,9-10H2,1-4H3/t12-,13-,14-/m1/s1. The Bertz CT molecular complexity index is 445. The van der Waals surface area contributed by atoms with Crippen molar-refractivity contribution in [2.75, 3.05) is 6.61 Å². The Morgan fingerprint density at radius 2 is 2.10 bits per heavy atom. The van der Waals surface area contributed by atoms with Gasteiger partial charge in [0.25, 0.3) is 0 Å². The van der Waals surface area contributed by atoms with Crippen molar-refractivity contribution >= 4 is 0 Å². The van der Waals surface area contributed by atoms with Gasteiger partial charge in [0.1, 0.15) is 5.75 Å². The van der Waals surface area contributed by atoms with Crippen molar-refractivity contribution in [3.8, 4) is 5.75 Å². The monoisotopic (exact) mass is 277 g/mol. The van der Waals surface area contributed by atoms with Crippen molar-refractivity contribution in [1.82, 2.24) is 4.98 Å². The third kappa shape index (κ3) is 3.51. The van der Waals surface area contributed by atoms with Gasteiger partial charge in [-0.1, -0.05) is 27.7 Å². The molecule has 1 aromatic rings. The minimum absolute atomic E-state index is 0.414. The van der Waals surface area contributed by atoms with Gasteiger partial charge in [-0.2, -0.15) is 0 Å². The predicted octanol–water partition coefficient (Wildman–Crippen LogP) is 4.07. The number of aliphatic hydroxyl groups is 1. The molecule has 2 rings (SSSR count). The summed E-state index contributed by atoms with van der Waals surface area (Å²) in [5.74, 6) is 2.57. The van der Waals surface area contributed by atoms with E-state index >= 15 is 0 Å². The fourth-order valence-electron chi connectivity index (χ4n) is 3.15. The molecule has 0 saturated heterocycles. The quantitative estimate of drug-likeness (QED) is 0.882. The summed E-state index contributed by atoms with van der Waals surface area (Å²) < 4.78 is 6.03. The van der Waals surface area contributed by atoms with Gasteiger partial charge in [0, 0.05) is 11.8 Å². The van der Waals surface area contributed by atoms with E-state index in [1.54, 1.807) is 6.20 Å². The summed E-state index contributed by atoms with van der Waals surface area (Å²) >= 11 is 0. The summed E-state index contributed by atoms with van der Waals surface area (Å²) in [5.41, 5.74) is 1.93. The van der Waals surface area contributed by atoms with Crippen molar-refractivity contribution in [2.45, 2.75) is 59.0 Å². The maximum absolute atomic E-state index is 10.1. The van der Waals surface area contributed by atoms with Gasteiger partial charge >= 0.3 is 0 Å². The van der Waals surface area contributed by atoms with Crippen LogP contribution in [0, 0.1) is 11.8 Å². The van der Waals surface area contributed by atoms with Crippen molar-refractivity contribution in [3.63, 3.8) is 0 Å². The van der Waals surface area contributed by atoms with E-state index in [1.165, 1.54) is 6.42 Å². The maximum atomic E-state index is 10.1. The molecule has 1 aromatic heterocycles. The molecule has 0 fully saturated rings. The Morgan fingerprint density at radius 1 is 1.35 bits per heavy atom. The van der Waals surface area contributed by atoms with Crippen molar-refractivity contribution in [2.24, 2.45) is 11.8 Å². The fraction of sp³-hybridized carbons (Fsp3) is 0.706. The van der Waals surface area contributed by atoms with E-state index in [0.29, 0.717) is 17.8 Å². The molecular weight excluding hydrogens is 250 g/mol. The van der Waals surface area contributed by atoms with Crippen LogP contribution in [0.2, 0.25) is 0 Å². The Hall–Kier alpha value is -1.09. The van der Waals surface area contributed by atoms with E-state index in [1.807, 2.05) is 6.07 Å². The Balaban J connectivity index is 2.11. The number of fused-ring (bicyclic) bond motifs is 1. The molecule has 1 aliphatic rings. The highest BCUT2D eigenvalue weighted by atomic mass is 16.5. The van der Waals surface area contributed by atoms with Crippen molar-refractivity contribution < 1.29 is 9.84 Å². The molecule has 1 N–H and O–H groups in total. The summed E-state index contributed by atoms with van der Waals surface area (Å²) in [6.45, 7) is 9.63. The number of ether oxygens (including phenoxy) is 1. The average Bonchev–Trinajstić information content (AvgIpc) is 2.40. The van der Waals surface area contributed by atoms with Gasteiger partial charge in [-0.25, -0.2) is 0 Å². The highest BCUT2D eigenvalue weighted by molar-refractivity contribution is 5.41. The molecule has 3 nitrogen and oxygen atoms in total. The van der Waals surface area contributed by atoms with E-state index in [2.05, 4.69) is 32.7 Å². The second kappa shape index (κ2) is 6.57. The minimum Gasteiger partial charge on any atom is -0.493 e. The molecule has 0 radical (unpaired) electrons. The van der Waals surface area contributed by atoms with Gasteiger partial charge in [0.15, 0.2) is 0 Å². The van der Waals surface area contributed by atoms with E-state index in [-0.39, 0.29) is 0 Å². The second-order valence-electron chi connectivity index (χ2n) is 6.65. The normalized spacial score (nSPS) is 23.5. The van der Waals surface area contributed by atoms with Crippen LogP contribution in [0.1, 0.15) is 70.2 Å². The van der Waals surface area contributed by atoms with E-state index in [0.717, 1.165) is 36.5 Å². The number of hydrogen-bond donors (Lipinski definition) is 1. The van der Waals surface area contributed by atoms with Crippen LogP contribution in [0.15, 0.2) is 12.3 Å². The Morgan fingerprint density at radius 3 is 2.80 bits per heavy atom. The third-order valence-electron chi connectivity index (χ3n) is 4.06. The first-order valence-electron chi connectivity index (χ1n) is 7.78. The highest BCUT2D eigenvalue weighted by Crippen LogP contribution is 2.41. The molecule has 0 aliphatic heterocycles. The molecule has 1 aliphatic carbocycles. The highest BCUT2D eigenvalue weighted by Gasteiger charge is 2.27. The van der Waals surface area contributed by atoms with Gasteiger partial charge in [-0.15, -0.1) is 0 Å². The van der Waals surface area contributed by atoms with Crippen LogP contribution in [-0.4, -0.2) is 16.7 Å². The Kier molecular flexibility index (Phi) is 5.03. The first-order valence-corrected chi connectivity index (χ1v) is 7.78. The number of aromatic nitrogens is 1. The summed E-state index contributed by atoms with van der Waals surface area (Å²) in [7, 11) is 0. The molecule has 0 unspecified atom stereocenters. The SMILES string of the molecule is CC(C)C[C@@H](C)COc1ccnc2c1[C@H](C)CC[C@H]2O. The number of rotatable bonds is 5. The molecule has 0 aromatic carbocycles. The molecule has 3 atom stereocenters. The van der Waals surface area contributed by atoms with Gasteiger partial charge in [0.2, 0.25) is 0 Å². The number of pyridine rings is 1. The van der Waals surface area contributed by atoms with E-state index in [9.17, 15) is 5.11 Å². The van der Waals surface area contributed by atoms with Gasteiger partial charge in [0.05, 0.1) is 18.4 Å². The first kappa shape index (κ1) is 15.3. The van der Waals surface area contributed by atoms with Crippen LogP contribution in [0.5, 0.6) is 5.75 Å². The topological polar surface area (TPSA) is 42.4 Å². The number of nitrogens with zero attached hydrogens (tertiary/aromatic N) is 1. The lowest BCUT2D eigenvalue weighted by Gasteiger charge is -2.28. The van der Waals surface area contributed by atoms with E-state index < -0.39 is 6.10 Å². The maximum Gasteiger partial charge on any atom is 0.126 e. The summed E-state index contributed by atoms with van der Waals surface area (Å²) in [5, 5.41) is 10.1. The molecule has 0 bridgehead atoms. The zero-order chi connectivity index (χ0) is 14.7. The summed E-state index contributed by atoms with van der Waals surface area (Å²) in [4.78, 5) is 4.36. The van der Waals surface area contributed by atoms with Gasteiger partial charge < -0.3 is 9.84 Å². The van der Waals surface area contributed by atoms with Gasteiger partial charge in [-0.3, -0.25) is 4.98 Å². The molecular formula is C17H27NO2. The average molecular weight is 277 g/mol. The molecule has 0 amide bonds. The lowest BCUT2D eigenvalue weighted by Crippen LogP contribution is -2.17. The third-order valence-corrected chi connectivity index (χ3v) is 4.06. The van der Waals surface area contributed by atoms with Crippen LogP contribution < -0.4 is 4.74 Å². The Labute approximate surface area is 122 Å². The predicted molar refractivity (Wildman–Crippen MR) is 81.0 cm³/mol. The molecule has 20 heavy (non-hydrogen) atoms. The molecule has 1 heterocycles. The van der Waals surface area contributed by atoms with Crippen LogP contribution in [0.3, 0.4) is 0 Å². The molecule has 0 spiro atoms. The summed E-state index contributed by atoms with van der Waals surface area (Å²) in [6.07, 6.45) is 4.29. The summed E-state index contributed by atoms with van der Waals surface area (Å²) in [6, 6.07) is 1.94. The number of aliphatic hydroxyl groups excluding tert-OH is 1. The van der Waals surface area contributed by atoms with Crippen molar-refractivity contribution in [1.29, 1.82) is 0 Å². The molecule has 3 heteroatoms. The first-order chi connectivity index (χ1) is 9.49. The van der Waals surface area contributed by atoms with Crippen LogP contribution in [0.25, 0.3) is 0 Å². The van der Waals surface area contributed by atoms with Crippen LogP contribution in [0.4, 0.5) is 0 Å². The molecule has 0 saturated carbocycles. The lowest BCUT2D eigenvalue weighted by molar-refractivity contribution is 0.144. The fourth-order valence-corrected chi connectivity index (χ4v) is 3.15. The molecule has 112 valence electrons. The largest absolute Gasteiger partial charge is 0.493 e. The zero-order valence-corrected chi connectivity index (χ0v) is 13.1. The van der Waals surface area contributed by atoms with Gasteiger partial charge in [-0.05, 0) is 43.1 Å². The smallest absolute Gasteiger partial charge is 0.126 e. The van der Waals surface area contributed by atoms with Crippen molar-refractivity contribution in [3.05, 3.63) is 23.5 Å². The lowest BCUT2D eigenvalue weighted by atomic mass is 9.85. The second-order valence-corrected chi connectivity index (χ2v) is 6.65. The number of hydrogen-bond acceptors (Lipinski definition) is 3.